The molecule has 1 aromatic heterocycles. The zero-order valence-corrected chi connectivity index (χ0v) is 19.8. The van der Waals surface area contributed by atoms with Crippen molar-refractivity contribution in [3.8, 4) is 0 Å². The summed E-state index contributed by atoms with van der Waals surface area (Å²) in [6.45, 7) is 5.20. The number of carbonyl (C=O) groups is 3. The number of benzene rings is 1. The molecule has 0 radical (unpaired) electrons. The zero-order chi connectivity index (χ0) is 22.1. The van der Waals surface area contributed by atoms with Gasteiger partial charge >= 0.3 is 6.03 Å². The van der Waals surface area contributed by atoms with E-state index in [0.29, 0.717) is 31.2 Å². The highest BCUT2D eigenvalue weighted by Crippen LogP contribution is 2.32. The van der Waals surface area contributed by atoms with Gasteiger partial charge in [0, 0.05) is 47.0 Å². The number of hydrogen-bond acceptors (Lipinski definition) is 5. The first-order valence-corrected chi connectivity index (χ1v) is 11.8. The monoisotopic (exact) mass is 505 g/mol. The van der Waals surface area contributed by atoms with Gasteiger partial charge in [0.2, 0.25) is 11.8 Å². The molecule has 0 aliphatic carbocycles. The van der Waals surface area contributed by atoms with Crippen LogP contribution < -0.4 is 15.5 Å². The predicted octanol–water partition coefficient (Wildman–Crippen LogP) is 3.37. The Hall–Kier alpha value is -2.46. The van der Waals surface area contributed by atoms with Gasteiger partial charge in [0.1, 0.15) is 0 Å². The number of amides is 4. The number of carbonyl (C=O) groups excluding carboxylic acids is 3. The van der Waals surface area contributed by atoms with Crippen molar-refractivity contribution in [1.29, 1.82) is 0 Å². The molecule has 0 bridgehead atoms. The fourth-order valence-electron chi connectivity index (χ4n) is 3.86. The Labute approximate surface area is 193 Å². The number of urea groups is 1. The average Bonchev–Trinajstić information content (AvgIpc) is 3.28. The van der Waals surface area contributed by atoms with E-state index >= 15 is 0 Å². The molecule has 1 fully saturated rings. The second kappa shape index (κ2) is 8.96. The van der Waals surface area contributed by atoms with Crippen molar-refractivity contribution >= 4 is 55.9 Å². The fourth-order valence-corrected chi connectivity index (χ4v) is 5.26. The maximum Gasteiger partial charge on any atom is 0.321 e. The molecule has 0 saturated carbocycles. The third-order valence-corrected chi connectivity index (χ3v) is 6.77. The number of anilines is 2. The molecule has 1 atom stereocenters. The van der Waals surface area contributed by atoms with Gasteiger partial charge in [-0.3, -0.25) is 14.9 Å². The SMILES string of the molecule is CC(C)NC(=O)Nc1nc2c(s1)CN(C(=O)C1CC(=O)N(c3cccc(Br)c3)C1)CC2. The molecule has 31 heavy (non-hydrogen) atoms. The standard InChI is InChI=1S/C21H24BrN5O3S/c1-12(2)23-20(30)25-21-24-16-6-7-26(11-17(16)31-21)19(29)13-8-18(28)27(10-13)15-5-3-4-14(22)9-15/h3-5,9,12-13H,6-8,10-11H2,1-2H3,(H2,23,24,25,30). The highest BCUT2D eigenvalue weighted by molar-refractivity contribution is 9.10. The lowest BCUT2D eigenvalue weighted by Crippen LogP contribution is -2.40. The Kier molecular flexibility index (Phi) is 6.29. The Morgan fingerprint density at radius 3 is 2.87 bits per heavy atom. The molecule has 8 nitrogen and oxygen atoms in total. The summed E-state index contributed by atoms with van der Waals surface area (Å²) in [6, 6.07) is 7.30. The van der Waals surface area contributed by atoms with Gasteiger partial charge in [-0.2, -0.15) is 0 Å². The molecular weight excluding hydrogens is 482 g/mol. The van der Waals surface area contributed by atoms with E-state index in [9.17, 15) is 14.4 Å². The van der Waals surface area contributed by atoms with Crippen LogP contribution in [0.25, 0.3) is 0 Å². The molecule has 0 spiro atoms. The second-order valence-electron chi connectivity index (χ2n) is 8.04. The van der Waals surface area contributed by atoms with Gasteiger partial charge in [0.15, 0.2) is 5.13 Å². The van der Waals surface area contributed by atoms with Crippen molar-refractivity contribution in [1.82, 2.24) is 15.2 Å². The fraction of sp³-hybridized carbons (Fsp3) is 0.429. The largest absolute Gasteiger partial charge is 0.337 e. The molecule has 10 heteroatoms. The van der Waals surface area contributed by atoms with Crippen LogP contribution in [0.4, 0.5) is 15.6 Å². The highest BCUT2D eigenvalue weighted by Gasteiger charge is 2.38. The molecule has 2 aliphatic rings. The van der Waals surface area contributed by atoms with Crippen molar-refractivity contribution in [3.63, 3.8) is 0 Å². The van der Waals surface area contributed by atoms with Crippen LogP contribution in [0.5, 0.6) is 0 Å². The summed E-state index contributed by atoms with van der Waals surface area (Å²) in [5.74, 6) is -0.387. The van der Waals surface area contributed by atoms with Crippen molar-refractivity contribution in [2.75, 3.05) is 23.3 Å². The van der Waals surface area contributed by atoms with Gasteiger partial charge in [0.05, 0.1) is 18.2 Å². The first-order valence-electron chi connectivity index (χ1n) is 10.2. The van der Waals surface area contributed by atoms with Gasteiger partial charge in [-0.05, 0) is 32.0 Å². The first kappa shape index (κ1) is 21.8. The van der Waals surface area contributed by atoms with Crippen LogP contribution in [0, 0.1) is 5.92 Å². The summed E-state index contributed by atoms with van der Waals surface area (Å²) in [6.07, 6.45) is 0.862. The molecule has 1 saturated heterocycles. The number of halogens is 1. The van der Waals surface area contributed by atoms with E-state index in [-0.39, 0.29) is 36.2 Å². The Bertz CT molecular complexity index is 1020. The van der Waals surface area contributed by atoms with Gasteiger partial charge < -0.3 is 15.1 Å². The lowest BCUT2D eigenvalue weighted by atomic mass is 10.1. The number of thiazole rings is 1. The number of fused-ring (bicyclic) bond motifs is 1. The molecule has 2 aliphatic heterocycles. The van der Waals surface area contributed by atoms with Crippen molar-refractivity contribution in [2.45, 2.75) is 39.3 Å². The van der Waals surface area contributed by atoms with E-state index in [2.05, 4.69) is 31.5 Å². The van der Waals surface area contributed by atoms with E-state index in [1.54, 1.807) is 9.80 Å². The van der Waals surface area contributed by atoms with E-state index in [4.69, 9.17) is 0 Å². The Morgan fingerprint density at radius 1 is 1.32 bits per heavy atom. The van der Waals surface area contributed by atoms with Crippen LogP contribution in [-0.2, 0) is 22.6 Å². The third-order valence-electron chi connectivity index (χ3n) is 5.28. The van der Waals surface area contributed by atoms with Crippen molar-refractivity contribution in [3.05, 3.63) is 39.3 Å². The number of aromatic nitrogens is 1. The second-order valence-corrected chi connectivity index (χ2v) is 10.0. The van der Waals surface area contributed by atoms with Crippen molar-refractivity contribution < 1.29 is 14.4 Å². The quantitative estimate of drug-likeness (QED) is 0.665. The van der Waals surface area contributed by atoms with Crippen LogP contribution in [0.2, 0.25) is 0 Å². The van der Waals surface area contributed by atoms with Gasteiger partial charge in [0.25, 0.3) is 0 Å². The molecule has 2 N–H and O–H groups in total. The average molecular weight is 506 g/mol. The third kappa shape index (κ3) is 4.90. The van der Waals surface area contributed by atoms with Crippen molar-refractivity contribution in [2.24, 2.45) is 5.92 Å². The first-order chi connectivity index (χ1) is 14.8. The van der Waals surface area contributed by atoms with Gasteiger partial charge in [-0.1, -0.05) is 33.3 Å². The maximum atomic E-state index is 13.1. The molecular formula is C21H24BrN5O3S. The summed E-state index contributed by atoms with van der Waals surface area (Å²) in [4.78, 5) is 46.6. The minimum atomic E-state index is -0.352. The van der Waals surface area contributed by atoms with E-state index in [1.165, 1.54) is 11.3 Å². The van der Waals surface area contributed by atoms with Crippen LogP contribution in [-0.4, -0.2) is 46.9 Å². The van der Waals surface area contributed by atoms with Crippen LogP contribution >= 0.6 is 27.3 Å². The number of hydrogen-bond donors (Lipinski definition) is 2. The summed E-state index contributed by atoms with van der Waals surface area (Å²) in [7, 11) is 0. The molecule has 1 aromatic carbocycles. The number of rotatable bonds is 4. The van der Waals surface area contributed by atoms with Gasteiger partial charge in [-0.15, -0.1) is 0 Å². The Morgan fingerprint density at radius 2 is 2.13 bits per heavy atom. The molecule has 2 aromatic rings. The molecule has 4 rings (SSSR count). The molecule has 3 heterocycles. The minimum absolute atomic E-state index is 0.00282. The normalized spacial score (nSPS) is 18.3. The lowest BCUT2D eigenvalue weighted by molar-refractivity contribution is -0.136. The summed E-state index contributed by atoms with van der Waals surface area (Å²) in [5, 5.41) is 6.07. The van der Waals surface area contributed by atoms with E-state index < -0.39 is 0 Å². The maximum absolute atomic E-state index is 13.1. The number of nitrogens with zero attached hydrogens (tertiary/aromatic N) is 3. The zero-order valence-electron chi connectivity index (χ0n) is 17.4. The van der Waals surface area contributed by atoms with Gasteiger partial charge in [-0.25, -0.2) is 9.78 Å². The van der Waals surface area contributed by atoms with E-state index in [1.807, 2.05) is 38.1 Å². The molecule has 4 amide bonds. The van der Waals surface area contributed by atoms with Crippen LogP contribution in [0.15, 0.2) is 28.7 Å². The van der Waals surface area contributed by atoms with E-state index in [0.717, 1.165) is 20.7 Å². The van der Waals surface area contributed by atoms with Crippen LogP contribution in [0.1, 0.15) is 30.8 Å². The summed E-state index contributed by atoms with van der Waals surface area (Å²) in [5.41, 5.74) is 1.72. The Balaban J connectivity index is 1.40. The number of nitrogens with one attached hydrogen (secondary N) is 2. The highest BCUT2D eigenvalue weighted by atomic mass is 79.9. The molecule has 164 valence electrons. The predicted molar refractivity (Wildman–Crippen MR) is 123 cm³/mol. The smallest absolute Gasteiger partial charge is 0.321 e. The molecule has 1 unspecified atom stereocenters. The topological polar surface area (TPSA) is 94.6 Å². The lowest BCUT2D eigenvalue weighted by Gasteiger charge is -2.28. The van der Waals surface area contributed by atoms with Crippen LogP contribution in [0.3, 0.4) is 0 Å². The summed E-state index contributed by atoms with van der Waals surface area (Å²) >= 11 is 4.83. The summed E-state index contributed by atoms with van der Waals surface area (Å²) < 4.78 is 0.896. The minimum Gasteiger partial charge on any atom is -0.337 e.